The van der Waals surface area contributed by atoms with E-state index in [1.807, 2.05) is 43.1 Å². The second-order valence-corrected chi connectivity index (χ2v) is 7.04. The molecule has 5 heteroatoms. The molecule has 1 unspecified atom stereocenters. The van der Waals surface area contributed by atoms with E-state index in [9.17, 15) is 9.59 Å². The van der Waals surface area contributed by atoms with Crippen molar-refractivity contribution in [2.24, 2.45) is 11.7 Å². The molecule has 1 aromatic rings. The smallest absolute Gasteiger partial charge is 0.312 e. The average Bonchev–Trinajstić information content (AvgIpc) is 2.54. The zero-order valence-electron chi connectivity index (χ0n) is 14.9. The van der Waals surface area contributed by atoms with Crippen molar-refractivity contribution in [1.82, 2.24) is 10.2 Å². The van der Waals surface area contributed by atoms with E-state index in [2.05, 4.69) is 12.2 Å². The molecule has 3 amide bonds. The summed E-state index contributed by atoms with van der Waals surface area (Å²) in [6.45, 7) is 4.24. The summed E-state index contributed by atoms with van der Waals surface area (Å²) in [6.07, 6.45) is 4.69. The Morgan fingerprint density at radius 2 is 1.88 bits per heavy atom. The molecule has 0 heterocycles. The minimum Gasteiger partial charge on any atom is -0.352 e. The minimum atomic E-state index is -0.606. The first-order valence-corrected chi connectivity index (χ1v) is 8.75. The molecule has 3 N–H and O–H groups in total. The number of hydrogen-bond donors (Lipinski definition) is 2. The number of urea groups is 1. The molecule has 0 saturated heterocycles. The molecular weight excluding hydrogens is 302 g/mol. The molecule has 1 aliphatic carbocycles. The van der Waals surface area contributed by atoms with Gasteiger partial charge in [-0.25, -0.2) is 4.79 Å². The maximum atomic E-state index is 12.7. The molecule has 0 aromatic heterocycles. The number of nitrogens with one attached hydrogen (secondary N) is 1. The predicted octanol–water partition coefficient (Wildman–Crippen LogP) is 3.13. The van der Waals surface area contributed by atoms with Gasteiger partial charge in [0.05, 0.1) is 12.5 Å². The topological polar surface area (TPSA) is 75.4 Å². The standard InChI is InChI=1S/C19H29N3O2/c1-13-8-10-15(11-9-13)22(3)18(23)12-17(21-19(20)24)16-7-5-4-6-14(16)2/h4-7,13,15,17H,8-12H2,1-3H3,(H3,20,21,24). The molecule has 132 valence electrons. The molecule has 24 heavy (non-hydrogen) atoms. The van der Waals surface area contributed by atoms with Crippen LogP contribution in [-0.2, 0) is 4.79 Å². The van der Waals surface area contributed by atoms with Gasteiger partial charge in [-0.1, -0.05) is 31.2 Å². The minimum absolute atomic E-state index is 0.0524. The average molecular weight is 331 g/mol. The molecule has 1 aromatic carbocycles. The molecule has 5 nitrogen and oxygen atoms in total. The van der Waals surface area contributed by atoms with Gasteiger partial charge in [0.1, 0.15) is 0 Å². The molecule has 0 radical (unpaired) electrons. The van der Waals surface area contributed by atoms with Crippen LogP contribution in [0, 0.1) is 12.8 Å². The largest absolute Gasteiger partial charge is 0.352 e. The number of primary amides is 1. The van der Waals surface area contributed by atoms with Crippen molar-refractivity contribution in [3.05, 3.63) is 35.4 Å². The molecular formula is C19H29N3O2. The second kappa shape index (κ2) is 8.18. The maximum absolute atomic E-state index is 12.7. The summed E-state index contributed by atoms with van der Waals surface area (Å²) in [5, 5.41) is 2.72. The lowest BCUT2D eigenvalue weighted by atomic mass is 9.86. The van der Waals surface area contributed by atoms with Crippen LogP contribution in [0.5, 0.6) is 0 Å². The number of nitrogens with zero attached hydrogens (tertiary/aromatic N) is 1. The zero-order chi connectivity index (χ0) is 17.7. The molecule has 1 atom stereocenters. The van der Waals surface area contributed by atoms with Crippen molar-refractivity contribution in [3.8, 4) is 0 Å². The van der Waals surface area contributed by atoms with Gasteiger partial charge >= 0.3 is 6.03 Å². The fraction of sp³-hybridized carbons (Fsp3) is 0.579. The van der Waals surface area contributed by atoms with Crippen LogP contribution in [0.1, 0.15) is 56.2 Å². The van der Waals surface area contributed by atoms with Gasteiger partial charge in [0.15, 0.2) is 0 Å². The van der Waals surface area contributed by atoms with Crippen molar-refractivity contribution in [2.45, 2.75) is 58.0 Å². The van der Waals surface area contributed by atoms with E-state index >= 15 is 0 Å². The van der Waals surface area contributed by atoms with Gasteiger partial charge in [-0.3, -0.25) is 4.79 Å². The van der Waals surface area contributed by atoms with Crippen LogP contribution in [0.2, 0.25) is 0 Å². The van der Waals surface area contributed by atoms with Crippen LogP contribution in [0.3, 0.4) is 0 Å². The zero-order valence-corrected chi connectivity index (χ0v) is 14.9. The second-order valence-electron chi connectivity index (χ2n) is 7.04. The highest BCUT2D eigenvalue weighted by atomic mass is 16.2. The number of nitrogens with two attached hydrogens (primary N) is 1. The number of aryl methyl sites for hydroxylation is 1. The highest BCUT2D eigenvalue weighted by Gasteiger charge is 2.27. The van der Waals surface area contributed by atoms with Crippen molar-refractivity contribution < 1.29 is 9.59 Å². The maximum Gasteiger partial charge on any atom is 0.312 e. The van der Waals surface area contributed by atoms with Crippen LogP contribution < -0.4 is 11.1 Å². The first-order valence-electron chi connectivity index (χ1n) is 8.75. The predicted molar refractivity (Wildman–Crippen MR) is 95.4 cm³/mol. The monoisotopic (exact) mass is 331 g/mol. The van der Waals surface area contributed by atoms with Crippen LogP contribution >= 0.6 is 0 Å². The Morgan fingerprint density at radius 1 is 1.25 bits per heavy atom. The SMILES string of the molecule is Cc1ccccc1C(CC(=O)N(C)C1CCC(C)CC1)NC(N)=O. The molecule has 1 fully saturated rings. The molecule has 1 saturated carbocycles. The molecule has 0 bridgehead atoms. The van der Waals surface area contributed by atoms with E-state index in [0.29, 0.717) is 6.04 Å². The number of carbonyl (C=O) groups excluding carboxylic acids is 2. The van der Waals surface area contributed by atoms with E-state index < -0.39 is 6.03 Å². The Morgan fingerprint density at radius 3 is 2.46 bits per heavy atom. The Kier molecular flexibility index (Phi) is 6.23. The summed E-state index contributed by atoms with van der Waals surface area (Å²) in [5.74, 6) is 0.803. The summed E-state index contributed by atoms with van der Waals surface area (Å²) in [6, 6.07) is 7.07. The van der Waals surface area contributed by atoms with Gasteiger partial charge in [0.25, 0.3) is 0 Å². The Balaban J connectivity index is 2.07. The Labute approximate surface area is 144 Å². The van der Waals surface area contributed by atoms with Crippen molar-refractivity contribution in [1.29, 1.82) is 0 Å². The van der Waals surface area contributed by atoms with Gasteiger partial charge in [0, 0.05) is 13.1 Å². The van der Waals surface area contributed by atoms with Crippen LogP contribution in [-0.4, -0.2) is 29.9 Å². The fourth-order valence-electron chi connectivity index (χ4n) is 3.54. The lowest BCUT2D eigenvalue weighted by molar-refractivity contribution is -0.133. The molecule has 2 rings (SSSR count). The van der Waals surface area contributed by atoms with E-state index in [4.69, 9.17) is 5.73 Å². The van der Waals surface area contributed by atoms with E-state index in [1.165, 1.54) is 12.8 Å². The summed E-state index contributed by atoms with van der Waals surface area (Å²) >= 11 is 0. The highest BCUT2D eigenvalue weighted by molar-refractivity contribution is 5.79. The molecule has 0 spiro atoms. The van der Waals surface area contributed by atoms with Gasteiger partial charge in [0.2, 0.25) is 5.91 Å². The van der Waals surface area contributed by atoms with Crippen LogP contribution in [0.25, 0.3) is 0 Å². The van der Waals surface area contributed by atoms with Gasteiger partial charge in [-0.15, -0.1) is 0 Å². The van der Waals surface area contributed by atoms with Crippen molar-refractivity contribution >= 4 is 11.9 Å². The number of hydrogen-bond acceptors (Lipinski definition) is 2. The fourth-order valence-corrected chi connectivity index (χ4v) is 3.54. The first-order chi connectivity index (χ1) is 11.4. The number of carbonyl (C=O) groups is 2. The normalized spacial score (nSPS) is 21.8. The summed E-state index contributed by atoms with van der Waals surface area (Å²) in [4.78, 5) is 26.0. The third-order valence-electron chi connectivity index (χ3n) is 5.19. The number of amides is 3. The third-order valence-corrected chi connectivity index (χ3v) is 5.19. The number of benzene rings is 1. The highest BCUT2D eigenvalue weighted by Crippen LogP contribution is 2.28. The van der Waals surface area contributed by atoms with E-state index in [1.54, 1.807) is 0 Å². The number of rotatable bonds is 5. The lowest BCUT2D eigenvalue weighted by Gasteiger charge is -2.34. The van der Waals surface area contributed by atoms with Crippen LogP contribution in [0.4, 0.5) is 4.79 Å². The molecule has 0 aliphatic heterocycles. The van der Waals surface area contributed by atoms with Gasteiger partial charge in [-0.05, 0) is 49.7 Å². The quantitative estimate of drug-likeness (QED) is 0.870. The van der Waals surface area contributed by atoms with Crippen molar-refractivity contribution in [3.63, 3.8) is 0 Å². The van der Waals surface area contributed by atoms with Crippen molar-refractivity contribution in [2.75, 3.05) is 7.05 Å². The third kappa shape index (κ3) is 4.73. The summed E-state index contributed by atoms with van der Waals surface area (Å²) in [5.41, 5.74) is 7.30. The van der Waals surface area contributed by atoms with Gasteiger partial charge in [-0.2, -0.15) is 0 Å². The lowest BCUT2D eigenvalue weighted by Crippen LogP contribution is -2.42. The summed E-state index contributed by atoms with van der Waals surface area (Å²) < 4.78 is 0. The first kappa shape index (κ1) is 18.3. The Hall–Kier alpha value is -2.04. The molecule has 1 aliphatic rings. The Bertz CT molecular complexity index is 580. The summed E-state index contributed by atoms with van der Waals surface area (Å²) in [7, 11) is 1.88. The van der Waals surface area contributed by atoms with Crippen LogP contribution in [0.15, 0.2) is 24.3 Å². The van der Waals surface area contributed by atoms with E-state index in [-0.39, 0.29) is 18.4 Å². The van der Waals surface area contributed by atoms with E-state index in [0.717, 1.165) is 29.9 Å². The van der Waals surface area contributed by atoms with Gasteiger partial charge < -0.3 is 16.0 Å².